The van der Waals surface area contributed by atoms with Crippen LogP contribution in [0.2, 0.25) is 0 Å². The summed E-state index contributed by atoms with van der Waals surface area (Å²) in [5.74, 6) is 0.292. The predicted molar refractivity (Wildman–Crippen MR) is 119 cm³/mol. The predicted octanol–water partition coefficient (Wildman–Crippen LogP) is 4.44. The van der Waals surface area contributed by atoms with Crippen LogP contribution in [0.3, 0.4) is 0 Å². The van der Waals surface area contributed by atoms with E-state index in [1.165, 1.54) is 64.2 Å². The maximum Gasteiger partial charge on any atom is 0.466 e. The maximum atomic E-state index is 12.3. The molecule has 0 amide bonds. The van der Waals surface area contributed by atoms with Crippen LogP contribution >= 0.6 is 7.82 Å². The lowest BCUT2D eigenvalue weighted by molar-refractivity contribution is -0.872. The number of phosphoric acid groups is 1. The topological polar surface area (TPSA) is 104 Å². The first-order valence-corrected chi connectivity index (χ1v) is 12.7. The molecule has 0 heterocycles. The maximum absolute atomic E-state index is 12.3. The van der Waals surface area contributed by atoms with Gasteiger partial charge in [0.05, 0.1) is 21.1 Å². The molecule has 29 heavy (non-hydrogen) atoms. The van der Waals surface area contributed by atoms with Crippen LogP contribution in [0.1, 0.15) is 90.9 Å². The van der Waals surface area contributed by atoms with Gasteiger partial charge in [0, 0.05) is 13.0 Å². The van der Waals surface area contributed by atoms with Gasteiger partial charge in [0.25, 0.3) is 0 Å². The number of quaternary nitrogens is 1. The number of unbranched alkanes of at least 4 members (excludes halogenated alkanes) is 10. The summed E-state index contributed by atoms with van der Waals surface area (Å²) >= 11 is 0. The van der Waals surface area contributed by atoms with Crippen LogP contribution in [0.25, 0.3) is 0 Å². The fourth-order valence-electron chi connectivity index (χ4n) is 3.07. The van der Waals surface area contributed by atoms with Gasteiger partial charge < -0.3 is 23.9 Å². The minimum atomic E-state index is -4.64. The van der Waals surface area contributed by atoms with Crippen molar-refractivity contribution in [1.82, 2.24) is 0 Å². The van der Waals surface area contributed by atoms with Gasteiger partial charge in [0.1, 0.15) is 6.54 Å². The van der Waals surface area contributed by atoms with E-state index in [-0.39, 0.29) is 6.10 Å². The summed E-state index contributed by atoms with van der Waals surface area (Å²) in [5, 5.41) is 0. The number of hydrogen-bond donors (Lipinski definition) is 3. The molecule has 0 fully saturated rings. The van der Waals surface area contributed by atoms with Crippen molar-refractivity contribution in [1.29, 1.82) is 0 Å². The Kier molecular flexibility index (Phi) is 19.7. The molecule has 3 N–H and O–H groups in total. The SMILES string of the molecule is CCCCCCCCCCCCCC(=O)C(C[N+](C)(C)C)OCC.O=P(O)(O)O. The van der Waals surface area contributed by atoms with Gasteiger partial charge in [-0.2, -0.15) is 0 Å². The Labute approximate surface area is 178 Å². The van der Waals surface area contributed by atoms with Gasteiger partial charge in [-0.05, 0) is 13.3 Å². The Morgan fingerprint density at radius 1 is 0.828 bits per heavy atom. The molecule has 0 aliphatic carbocycles. The fourth-order valence-corrected chi connectivity index (χ4v) is 3.07. The van der Waals surface area contributed by atoms with Crippen molar-refractivity contribution < 1.29 is 33.3 Å². The quantitative estimate of drug-likeness (QED) is 0.175. The number of likely N-dealkylation sites (N-methyl/N-ethyl adjacent to an activating group) is 1. The first-order chi connectivity index (χ1) is 13.4. The average Bonchev–Trinajstić information content (AvgIpc) is 2.56. The van der Waals surface area contributed by atoms with Crippen molar-refractivity contribution in [2.24, 2.45) is 0 Å². The molecule has 1 unspecified atom stereocenters. The molecule has 8 heteroatoms. The molecule has 0 aromatic heterocycles. The van der Waals surface area contributed by atoms with Crippen LogP contribution in [0.4, 0.5) is 0 Å². The van der Waals surface area contributed by atoms with E-state index in [2.05, 4.69) is 28.1 Å². The highest BCUT2D eigenvalue weighted by atomic mass is 31.2. The second-order valence-corrected chi connectivity index (χ2v) is 9.71. The Morgan fingerprint density at radius 3 is 1.55 bits per heavy atom. The van der Waals surface area contributed by atoms with Gasteiger partial charge in [-0.1, -0.05) is 71.1 Å². The van der Waals surface area contributed by atoms with Crippen molar-refractivity contribution in [2.75, 3.05) is 34.3 Å². The smallest absolute Gasteiger partial charge is 0.365 e. The van der Waals surface area contributed by atoms with Crippen LogP contribution in [-0.2, 0) is 14.1 Å². The number of carbonyl (C=O) groups is 1. The minimum Gasteiger partial charge on any atom is -0.365 e. The summed E-state index contributed by atoms with van der Waals surface area (Å²) in [5.41, 5.74) is 0. The highest BCUT2D eigenvalue weighted by Crippen LogP contribution is 2.25. The second-order valence-electron chi connectivity index (χ2n) is 8.68. The Bertz CT molecular complexity index is 425. The summed E-state index contributed by atoms with van der Waals surface area (Å²) in [6.45, 7) is 5.63. The van der Waals surface area contributed by atoms with Gasteiger partial charge >= 0.3 is 7.82 Å². The summed E-state index contributed by atoms with van der Waals surface area (Å²) in [4.78, 5) is 33.9. The molecule has 0 aromatic rings. The third-order valence-corrected chi connectivity index (χ3v) is 4.47. The van der Waals surface area contributed by atoms with Crippen LogP contribution in [0.15, 0.2) is 0 Å². The van der Waals surface area contributed by atoms with E-state index in [9.17, 15) is 4.79 Å². The minimum absolute atomic E-state index is 0.224. The first kappa shape index (κ1) is 30.9. The van der Waals surface area contributed by atoms with Crippen molar-refractivity contribution in [3.05, 3.63) is 0 Å². The monoisotopic (exact) mass is 440 g/mol. The van der Waals surface area contributed by atoms with Crippen LogP contribution in [0, 0.1) is 0 Å². The lowest BCUT2D eigenvalue weighted by atomic mass is 10.0. The Hall–Kier alpha value is -0.300. The molecule has 0 aliphatic rings. The molecule has 0 saturated heterocycles. The van der Waals surface area contributed by atoms with E-state index in [0.717, 1.165) is 17.4 Å². The zero-order chi connectivity index (χ0) is 22.8. The highest BCUT2D eigenvalue weighted by Gasteiger charge is 2.24. The molecule has 0 aliphatic heterocycles. The molecule has 7 nitrogen and oxygen atoms in total. The number of ether oxygens (including phenoxy) is 1. The molecule has 0 saturated carbocycles. The van der Waals surface area contributed by atoms with Crippen LogP contribution < -0.4 is 0 Å². The standard InChI is InChI=1S/C21H44NO2.H3O4P/c1-6-8-9-10-11-12-13-14-15-16-17-18-20(23)21(24-7-2)19-22(3,4)5;1-5(2,3)4/h21H,6-19H2,1-5H3;(H3,1,2,3,4)/q+1;. The number of nitrogens with zero attached hydrogens (tertiary/aromatic N) is 1. The lowest BCUT2D eigenvalue weighted by Gasteiger charge is -2.28. The van der Waals surface area contributed by atoms with Crippen molar-refractivity contribution >= 4 is 13.6 Å². The third kappa shape index (κ3) is 30.0. The molecule has 0 bridgehead atoms. The number of carbonyl (C=O) groups excluding carboxylic acids is 1. The molecular formula is C21H47NO6P+. The normalized spacial score (nSPS) is 13.0. The molecule has 1 atom stereocenters. The molecule has 0 aromatic carbocycles. The van der Waals surface area contributed by atoms with E-state index in [0.29, 0.717) is 18.8 Å². The number of Topliss-reactive ketones (excluding diaryl/α,β-unsaturated/α-hetero) is 1. The summed E-state index contributed by atoms with van der Waals surface area (Å²) < 4.78 is 15.3. The third-order valence-electron chi connectivity index (χ3n) is 4.47. The van der Waals surface area contributed by atoms with Gasteiger partial charge in [-0.15, -0.1) is 0 Å². The molecular weight excluding hydrogens is 393 g/mol. The number of rotatable bonds is 17. The van der Waals surface area contributed by atoms with Crippen molar-refractivity contribution in [2.45, 2.75) is 97.0 Å². The van der Waals surface area contributed by atoms with Gasteiger partial charge in [-0.3, -0.25) is 4.79 Å². The average molecular weight is 441 g/mol. The molecule has 0 rings (SSSR count). The van der Waals surface area contributed by atoms with Gasteiger partial charge in [0.15, 0.2) is 11.9 Å². The van der Waals surface area contributed by atoms with E-state index < -0.39 is 7.82 Å². The summed E-state index contributed by atoms with van der Waals surface area (Å²) in [6.07, 6.45) is 15.0. The molecule has 0 radical (unpaired) electrons. The highest BCUT2D eigenvalue weighted by molar-refractivity contribution is 7.45. The van der Waals surface area contributed by atoms with Gasteiger partial charge in [0.2, 0.25) is 0 Å². The summed E-state index contributed by atoms with van der Waals surface area (Å²) in [6, 6.07) is 0. The molecule has 0 spiro atoms. The van der Waals surface area contributed by atoms with Gasteiger partial charge in [-0.25, -0.2) is 4.57 Å². The van der Waals surface area contributed by atoms with E-state index in [4.69, 9.17) is 24.0 Å². The van der Waals surface area contributed by atoms with Crippen molar-refractivity contribution in [3.8, 4) is 0 Å². The number of hydrogen-bond acceptors (Lipinski definition) is 3. The zero-order valence-corrected chi connectivity index (χ0v) is 20.3. The van der Waals surface area contributed by atoms with Crippen LogP contribution in [-0.4, -0.2) is 65.3 Å². The van der Waals surface area contributed by atoms with E-state index in [1.54, 1.807) is 0 Å². The zero-order valence-electron chi connectivity index (χ0n) is 19.4. The van der Waals surface area contributed by atoms with E-state index >= 15 is 0 Å². The van der Waals surface area contributed by atoms with Crippen molar-refractivity contribution in [3.63, 3.8) is 0 Å². The molecule has 176 valence electrons. The summed E-state index contributed by atoms with van der Waals surface area (Å²) in [7, 11) is 1.70. The fraction of sp³-hybridized carbons (Fsp3) is 0.952. The second kappa shape index (κ2) is 18.5. The Morgan fingerprint density at radius 2 is 1.21 bits per heavy atom. The lowest BCUT2D eigenvalue weighted by Crippen LogP contribution is -2.45. The van der Waals surface area contributed by atoms with Crippen LogP contribution in [0.5, 0.6) is 0 Å². The largest absolute Gasteiger partial charge is 0.466 e. The Balaban J connectivity index is 0. The number of ketones is 1. The van der Waals surface area contributed by atoms with E-state index in [1.807, 2.05) is 6.92 Å². The first-order valence-electron chi connectivity index (χ1n) is 11.1.